The van der Waals surface area contributed by atoms with Gasteiger partial charge in [0.25, 0.3) is 0 Å². The molecule has 0 aliphatic carbocycles. The molecule has 1 amide bonds. The van der Waals surface area contributed by atoms with E-state index < -0.39 is 5.91 Å². The normalized spacial score (nSPS) is 11.4. The largest absolute Gasteiger partial charge is 0.489 e. The Hall–Kier alpha value is -4.01. The molecular weight excluding hydrogens is 384 g/mol. The van der Waals surface area contributed by atoms with Crippen LogP contribution < -0.4 is 16.2 Å². The first-order valence-corrected chi connectivity index (χ1v) is 9.15. The highest BCUT2D eigenvalue weighted by atomic mass is 16.5. The molecule has 0 saturated heterocycles. The summed E-state index contributed by atoms with van der Waals surface area (Å²) in [5, 5.41) is 15.8. The molecule has 9 heteroatoms. The average Bonchev–Trinajstić information content (AvgIpc) is 3.04. The first kappa shape index (κ1) is 20.7. The number of aromatic nitrogens is 4. The number of para-hydroxylation sites is 1. The minimum absolute atomic E-state index is 0.218. The van der Waals surface area contributed by atoms with E-state index >= 15 is 0 Å². The molecule has 0 atom stereocenters. The fraction of sp³-hybridized carbons (Fsp3) is 0.190. The van der Waals surface area contributed by atoms with Crippen molar-refractivity contribution < 1.29 is 9.53 Å². The Morgan fingerprint density at radius 2 is 1.97 bits per heavy atom. The minimum atomic E-state index is -0.588. The number of rotatable bonds is 7. The molecule has 1 aromatic heterocycles. The number of ether oxygens (including phenoxy) is 1. The summed E-state index contributed by atoms with van der Waals surface area (Å²) in [6.07, 6.45) is 1.23. The molecule has 0 aliphatic rings. The Morgan fingerprint density at radius 1 is 1.23 bits per heavy atom. The molecule has 0 saturated carbocycles. The molecule has 0 bridgehead atoms. The van der Waals surface area contributed by atoms with E-state index in [4.69, 9.17) is 15.9 Å². The number of nitrogens with two attached hydrogens (primary N) is 1. The molecule has 0 radical (unpaired) electrons. The predicted octanol–water partition coefficient (Wildman–Crippen LogP) is 1.65. The maximum absolute atomic E-state index is 12.2. The molecule has 30 heavy (non-hydrogen) atoms. The van der Waals surface area contributed by atoms with Crippen LogP contribution in [0.1, 0.15) is 23.6 Å². The van der Waals surface area contributed by atoms with Crippen LogP contribution >= 0.6 is 0 Å². The number of hydrogen-bond acceptors (Lipinski definition) is 6. The van der Waals surface area contributed by atoms with Crippen LogP contribution in [0.2, 0.25) is 0 Å². The lowest BCUT2D eigenvalue weighted by Crippen LogP contribution is -2.23. The molecule has 3 N–H and O–H groups in total. The Morgan fingerprint density at radius 3 is 2.60 bits per heavy atom. The van der Waals surface area contributed by atoms with Gasteiger partial charge >= 0.3 is 5.69 Å². The van der Waals surface area contributed by atoms with Gasteiger partial charge in [-0.25, -0.2) is 4.79 Å². The van der Waals surface area contributed by atoms with Gasteiger partial charge in [-0.15, -0.1) is 0 Å². The summed E-state index contributed by atoms with van der Waals surface area (Å²) >= 11 is 0. The van der Waals surface area contributed by atoms with Crippen molar-refractivity contribution in [1.82, 2.24) is 19.8 Å². The zero-order chi connectivity index (χ0) is 21.8. The third-order valence-corrected chi connectivity index (χ3v) is 4.54. The number of hydrogen-bond donors (Lipinski definition) is 2. The average molecular weight is 406 g/mol. The van der Waals surface area contributed by atoms with E-state index in [0.29, 0.717) is 22.6 Å². The highest BCUT2D eigenvalue weighted by molar-refractivity contribution is 6.12. The van der Waals surface area contributed by atoms with E-state index in [1.165, 1.54) is 17.8 Å². The Balaban J connectivity index is 1.81. The molecule has 3 rings (SSSR count). The van der Waals surface area contributed by atoms with Gasteiger partial charge in [0.1, 0.15) is 12.4 Å². The van der Waals surface area contributed by atoms with E-state index in [2.05, 4.69) is 10.4 Å². The third kappa shape index (κ3) is 4.35. The monoisotopic (exact) mass is 406 g/mol. The van der Waals surface area contributed by atoms with Crippen LogP contribution in [0, 0.1) is 12.3 Å². The second-order valence-corrected chi connectivity index (χ2v) is 6.80. The van der Waals surface area contributed by atoms with Crippen LogP contribution in [-0.2, 0) is 18.4 Å². The summed E-state index contributed by atoms with van der Waals surface area (Å²) in [6, 6.07) is 12.6. The third-order valence-electron chi connectivity index (χ3n) is 4.54. The van der Waals surface area contributed by atoms with Crippen molar-refractivity contribution in [1.29, 1.82) is 5.41 Å². The first-order valence-electron chi connectivity index (χ1n) is 9.15. The van der Waals surface area contributed by atoms with Gasteiger partial charge in [-0.2, -0.15) is 9.36 Å². The summed E-state index contributed by atoms with van der Waals surface area (Å²) in [4.78, 5) is 23.2. The first-order chi connectivity index (χ1) is 14.3. The van der Waals surface area contributed by atoms with Gasteiger partial charge in [0.05, 0.1) is 11.4 Å². The lowest BCUT2D eigenvalue weighted by Gasteiger charge is -2.13. The number of nitrogens with zero attached hydrogens (tertiary/aromatic N) is 4. The summed E-state index contributed by atoms with van der Waals surface area (Å²) in [5.74, 6) is 0.0548. The zero-order valence-electron chi connectivity index (χ0n) is 16.9. The van der Waals surface area contributed by atoms with Gasteiger partial charge in [0.15, 0.2) is 0 Å². The molecule has 0 spiro atoms. The van der Waals surface area contributed by atoms with Gasteiger partial charge in [0.2, 0.25) is 5.91 Å². The van der Waals surface area contributed by atoms with Gasteiger partial charge in [-0.3, -0.25) is 10.2 Å². The van der Waals surface area contributed by atoms with Gasteiger partial charge in [-0.05, 0) is 59.7 Å². The van der Waals surface area contributed by atoms with E-state index in [1.807, 2.05) is 31.2 Å². The molecule has 9 nitrogen and oxygen atoms in total. The molecule has 154 valence electrons. The smallest absolute Gasteiger partial charge is 0.368 e. The maximum atomic E-state index is 12.2. The molecule has 1 heterocycles. The maximum Gasteiger partial charge on any atom is 0.368 e. The van der Waals surface area contributed by atoms with Crippen molar-refractivity contribution in [3.63, 3.8) is 0 Å². The summed E-state index contributed by atoms with van der Waals surface area (Å²) in [6.45, 7) is 3.76. The lowest BCUT2D eigenvalue weighted by molar-refractivity contribution is -0.113. The van der Waals surface area contributed by atoms with Gasteiger partial charge in [-0.1, -0.05) is 18.2 Å². The number of tetrazole rings is 1. The SMILES string of the molecule is C/C(=C\C(N)=O)C(=N)c1ccc(OCc2ccccc2-n2nnn(C)c2=O)c(C)c1. The number of benzene rings is 2. The summed E-state index contributed by atoms with van der Waals surface area (Å²) in [7, 11) is 1.54. The number of carbonyl (C=O) groups excluding carboxylic acids is 1. The second-order valence-electron chi connectivity index (χ2n) is 6.80. The van der Waals surface area contributed by atoms with Crippen molar-refractivity contribution in [3.8, 4) is 11.4 Å². The van der Waals surface area contributed by atoms with E-state index in [9.17, 15) is 9.59 Å². The Labute approximate surface area is 172 Å². The fourth-order valence-corrected chi connectivity index (χ4v) is 2.94. The molecule has 0 unspecified atom stereocenters. The number of carbonyl (C=O) groups is 1. The second kappa shape index (κ2) is 8.56. The van der Waals surface area contributed by atoms with E-state index in [1.54, 1.807) is 25.1 Å². The lowest BCUT2D eigenvalue weighted by atomic mass is 10.0. The topological polar surface area (TPSA) is 129 Å². The van der Waals surface area contributed by atoms with Crippen LogP contribution in [0.25, 0.3) is 5.69 Å². The fourth-order valence-electron chi connectivity index (χ4n) is 2.94. The predicted molar refractivity (Wildman–Crippen MR) is 112 cm³/mol. The van der Waals surface area contributed by atoms with Crippen molar-refractivity contribution in [2.75, 3.05) is 0 Å². The van der Waals surface area contributed by atoms with Crippen molar-refractivity contribution in [2.24, 2.45) is 12.8 Å². The van der Waals surface area contributed by atoms with Gasteiger partial charge < -0.3 is 10.5 Å². The molecular formula is C21H22N6O3. The van der Waals surface area contributed by atoms with Gasteiger partial charge in [0, 0.05) is 24.3 Å². The Bertz CT molecular complexity index is 1210. The van der Waals surface area contributed by atoms with Crippen molar-refractivity contribution in [2.45, 2.75) is 20.5 Å². The highest BCUT2D eigenvalue weighted by Crippen LogP contribution is 2.23. The zero-order valence-corrected chi connectivity index (χ0v) is 16.9. The number of primary amides is 1. The van der Waals surface area contributed by atoms with Crippen LogP contribution in [0.4, 0.5) is 0 Å². The van der Waals surface area contributed by atoms with Crippen LogP contribution in [0.3, 0.4) is 0 Å². The molecule has 0 aliphatic heterocycles. The molecule has 0 fully saturated rings. The number of amides is 1. The van der Waals surface area contributed by atoms with E-state index in [0.717, 1.165) is 15.8 Å². The quantitative estimate of drug-likeness (QED) is 0.455. The van der Waals surface area contributed by atoms with E-state index in [-0.39, 0.29) is 18.0 Å². The Kier molecular flexibility index (Phi) is 5.91. The standard InChI is InChI=1S/C21H22N6O3/c1-13-10-15(20(23)14(2)11-19(22)28)8-9-18(13)30-12-16-6-4-5-7-17(16)27-21(29)26(3)24-25-27/h4-11,23H,12H2,1-3H3,(H2,22,28)/b14-11+,23-20?. The number of nitrogens with one attached hydrogen (secondary N) is 1. The van der Waals surface area contributed by atoms with Crippen LogP contribution in [0.5, 0.6) is 5.75 Å². The number of allylic oxidation sites excluding steroid dienone is 1. The van der Waals surface area contributed by atoms with Crippen molar-refractivity contribution >= 4 is 11.6 Å². The van der Waals surface area contributed by atoms with Crippen LogP contribution in [0.15, 0.2) is 58.9 Å². The molecule has 3 aromatic rings. The highest BCUT2D eigenvalue weighted by Gasteiger charge is 2.12. The summed E-state index contributed by atoms with van der Waals surface area (Å²) < 4.78 is 8.34. The molecule has 2 aromatic carbocycles. The van der Waals surface area contributed by atoms with Crippen LogP contribution in [-0.4, -0.2) is 31.4 Å². The van der Waals surface area contributed by atoms with Crippen molar-refractivity contribution in [3.05, 3.63) is 81.3 Å². The number of aryl methyl sites for hydroxylation is 2. The minimum Gasteiger partial charge on any atom is -0.489 e. The summed E-state index contributed by atoms with van der Waals surface area (Å²) in [5.41, 5.74) is 8.37.